The molecule has 1 rings (SSSR count). The highest BCUT2D eigenvalue weighted by Gasteiger charge is 2.27. The molecular formula is C11H22N4O2. The first-order valence-corrected chi connectivity index (χ1v) is 6.03. The minimum absolute atomic E-state index is 0.304. The molecule has 0 aliphatic carbocycles. The number of hydrogen-bond acceptors (Lipinski definition) is 4. The Bertz CT molecular complexity index is 281. The van der Waals surface area contributed by atoms with Crippen molar-refractivity contribution in [2.24, 2.45) is 11.7 Å². The largest absolute Gasteiger partial charge is 0.351 e. The minimum Gasteiger partial charge on any atom is -0.351 e. The summed E-state index contributed by atoms with van der Waals surface area (Å²) in [4.78, 5) is 24.4. The van der Waals surface area contributed by atoms with Gasteiger partial charge in [0.15, 0.2) is 0 Å². The van der Waals surface area contributed by atoms with Crippen LogP contribution >= 0.6 is 0 Å². The highest BCUT2D eigenvalue weighted by molar-refractivity contribution is 5.96. The van der Waals surface area contributed by atoms with Crippen molar-refractivity contribution in [1.29, 1.82) is 0 Å². The van der Waals surface area contributed by atoms with E-state index in [9.17, 15) is 9.59 Å². The first-order chi connectivity index (χ1) is 8.04. The fourth-order valence-electron chi connectivity index (χ4n) is 2.30. The van der Waals surface area contributed by atoms with Gasteiger partial charge in [-0.05, 0) is 45.8 Å². The van der Waals surface area contributed by atoms with Crippen molar-refractivity contribution in [3.8, 4) is 0 Å². The van der Waals surface area contributed by atoms with Gasteiger partial charge in [-0.2, -0.15) is 0 Å². The van der Waals surface area contributed by atoms with Crippen molar-refractivity contribution in [2.75, 3.05) is 26.7 Å². The van der Waals surface area contributed by atoms with Gasteiger partial charge in [-0.25, -0.2) is 4.79 Å². The summed E-state index contributed by atoms with van der Waals surface area (Å²) < 4.78 is 0. The number of urea groups is 1. The molecule has 6 heteroatoms. The zero-order valence-electron chi connectivity index (χ0n) is 10.5. The third kappa shape index (κ3) is 4.32. The van der Waals surface area contributed by atoms with E-state index >= 15 is 0 Å². The molecule has 0 radical (unpaired) electrons. The predicted molar refractivity (Wildman–Crippen MR) is 65.4 cm³/mol. The molecule has 0 spiro atoms. The molecule has 3 amide bonds. The van der Waals surface area contributed by atoms with E-state index in [-0.39, 0.29) is 11.9 Å². The Morgan fingerprint density at radius 1 is 1.53 bits per heavy atom. The SMILES string of the molecule is CNCC1CCCN(C(C)C(=O)NC(N)=O)C1. The van der Waals surface area contributed by atoms with E-state index in [4.69, 9.17) is 5.73 Å². The first-order valence-electron chi connectivity index (χ1n) is 6.03. The molecule has 1 aliphatic rings. The van der Waals surface area contributed by atoms with Crippen molar-refractivity contribution in [3.63, 3.8) is 0 Å². The second kappa shape index (κ2) is 6.56. The average Bonchev–Trinajstić information content (AvgIpc) is 2.28. The molecular weight excluding hydrogens is 220 g/mol. The molecule has 1 saturated heterocycles. The van der Waals surface area contributed by atoms with E-state index in [1.54, 1.807) is 6.92 Å². The molecule has 1 heterocycles. The van der Waals surface area contributed by atoms with E-state index in [0.29, 0.717) is 5.92 Å². The van der Waals surface area contributed by atoms with Crippen LogP contribution in [0.2, 0.25) is 0 Å². The molecule has 98 valence electrons. The molecule has 6 nitrogen and oxygen atoms in total. The fraction of sp³-hybridized carbons (Fsp3) is 0.818. The van der Waals surface area contributed by atoms with Gasteiger partial charge in [0.25, 0.3) is 0 Å². The predicted octanol–water partition coefficient (Wildman–Crippen LogP) is -0.499. The Morgan fingerprint density at radius 2 is 2.24 bits per heavy atom. The summed E-state index contributed by atoms with van der Waals surface area (Å²) in [5.74, 6) is 0.250. The van der Waals surface area contributed by atoms with Gasteiger partial charge in [-0.3, -0.25) is 15.0 Å². The number of amides is 3. The van der Waals surface area contributed by atoms with Crippen molar-refractivity contribution >= 4 is 11.9 Å². The monoisotopic (exact) mass is 242 g/mol. The van der Waals surface area contributed by atoms with Crippen molar-refractivity contribution < 1.29 is 9.59 Å². The van der Waals surface area contributed by atoms with Crippen LogP contribution in [0.1, 0.15) is 19.8 Å². The zero-order valence-corrected chi connectivity index (χ0v) is 10.5. The molecule has 4 N–H and O–H groups in total. The van der Waals surface area contributed by atoms with Crippen LogP contribution in [0.4, 0.5) is 4.79 Å². The van der Waals surface area contributed by atoms with Gasteiger partial charge < -0.3 is 11.1 Å². The highest BCUT2D eigenvalue weighted by Crippen LogP contribution is 2.17. The number of nitrogens with two attached hydrogens (primary N) is 1. The standard InChI is InChI=1S/C11H22N4O2/c1-8(10(16)14-11(12)17)15-5-3-4-9(7-15)6-13-2/h8-9,13H,3-7H2,1-2H3,(H3,12,14,16,17). The lowest BCUT2D eigenvalue weighted by molar-refractivity contribution is -0.125. The number of nitrogens with zero attached hydrogens (tertiary/aromatic N) is 1. The first kappa shape index (κ1) is 13.9. The molecule has 0 aromatic carbocycles. The lowest BCUT2D eigenvalue weighted by atomic mass is 9.97. The number of carbonyl (C=O) groups excluding carboxylic acids is 2. The van der Waals surface area contributed by atoms with Crippen molar-refractivity contribution in [3.05, 3.63) is 0 Å². The van der Waals surface area contributed by atoms with Gasteiger partial charge in [0, 0.05) is 6.54 Å². The lowest BCUT2D eigenvalue weighted by Gasteiger charge is -2.35. The van der Waals surface area contributed by atoms with Crippen LogP contribution in [0.5, 0.6) is 0 Å². The van der Waals surface area contributed by atoms with Gasteiger partial charge in [-0.15, -0.1) is 0 Å². The van der Waals surface area contributed by atoms with E-state index < -0.39 is 6.03 Å². The van der Waals surface area contributed by atoms with Crippen LogP contribution in [0.25, 0.3) is 0 Å². The number of piperidine rings is 1. The number of rotatable bonds is 4. The molecule has 0 saturated carbocycles. The van der Waals surface area contributed by atoms with Crippen LogP contribution in [-0.4, -0.2) is 49.6 Å². The van der Waals surface area contributed by atoms with Gasteiger partial charge in [0.2, 0.25) is 5.91 Å². The van der Waals surface area contributed by atoms with E-state index in [2.05, 4.69) is 15.5 Å². The van der Waals surface area contributed by atoms with Gasteiger partial charge in [0.1, 0.15) is 0 Å². The Hall–Kier alpha value is -1.14. The summed E-state index contributed by atoms with van der Waals surface area (Å²) in [7, 11) is 1.93. The Balaban J connectivity index is 2.47. The smallest absolute Gasteiger partial charge is 0.318 e. The van der Waals surface area contributed by atoms with Crippen LogP contribution in [0.15, 0.2) is 0 Å². The highest BCUT2D eigenvalue weighted by atomic mass is 16.2. The quantitative estimate of drug-likeness (QED) is 0.620. The summed E-state index contributed by atoms with van der Waals surface area (Å²) in [6, 6.07) is -1.09. The molecule has 2 unspecified atom stereocenters. The van der Waals surface area contributed by atoms with E-state index in [0.717, 1.165) is 26.1 Å². The number of carbonyl (C=O) groups is 2. The summed E-state index contributed by atoms with van der Waals surface area (Å²) in [5, 5.41) is 5.29. The van der Waals surface area contributed by atoms with E-state index in [1.807, 2.05) is 7.05 Å². The Morgan fingerprint density at radius 3 is 2.82 bits per heavy atom. The average molecular weight is 242 g/mol. The molecule has 17 heavy (non-hydrogen) atoms. The van der Waals surface area contributed by atoms with Crippen LogP contribution < -0.4 is 16.4 Å². The third-order valence-electron chi connectivity index (χ3n) is 3.22. The Kier molecular flexibility index (Phi) is 5.37. The number of nitrogens with one attached hydrogen (secondary N) is 2. The van der Waals surface area contributed by atoms with Gasteiger partial charge in [0.05, 0.1) is 6.04 Å². The molecule has 0 aromatic rings. The maximum absolute atomic E-state index is 11.6. The molecule has 0 aromatic heterocycles. The van der Waals surface area contributed by atoms with Crippen LogP contribution in [0, 0.1) is 5.92 Å². The summed E-state index contributed by atoms with van der Waals surface area (Å²) >= 11 is 0. The number of imide groups is 1. The van der Waals surface area contributed by atoms with E-state index in [1.165, 1.54) is 6.42 Å². The summed E-state index contributed by atoms with van der Waals surface area (Å²) in [6.45, 7) is 4.54. The zero-order chi connectivity index (χ0) is 12.8. The topological polar surface area (TPSA) is 87.5 Å². The Labute approximate surface area is 102 Å². The summed E-state index contributed by atoms with van der Waals surface area (Å²) in [6.07, 6.45) is 2.27. The number of hydrogen-bond donors (Lipinski definition) is 3. The maximum atomic E-state index is 11.6. The summed E-state index contributed by atoms with van der Waals surface area (Å²) in [5.41, 5.74) is 4.94. The molecule has 1 aliphatic heterocycles. The molecule has 1 fully saturated rings. The van der Waals surface area contributed by atoms with Crippen LogP contribution in [0.3, 0.4) is 0 Å². The minimum atomic E-state index is -0.786. The normalized spacial score (nSPS) is 23.1. The van der Waals surface area contributed by atoms with Gasteiger partial charge in [-0.1, -0.05) is 0 Å². The lowest BCUT2D eigenvalue weighted by Crippen LogP contribution is -2.52. The molecule has 2 atom stereocenters. The third-order valence-corrected chi connectivity index (χ3v) is 3.22. The van der Waals surface area contributed by atoms with Crippen LogP contribution in [-0.2, 0) is 4.79 Å². The molecule has 0 bridgehead atoms. The maximum Gasteiger partial charge on any atom is 0.318 e. The fourth-order valence-corrected chi connectivity index (χ4v) is 2.30. The number of primary amides is 1. The van der Waals surface area contributed by atoms with Crippen molar-refractivity contribution in [2.45, 2.75) is 25.8 Å². The second-order valence-corrected chi connectivity index (χ2v) is 4.59. The van der Waals surface area contributed by atoms with Crippen molar-refractivity contribution in [1.82, 2.24) is 15.5 Å². The second-order valence-electron chi connectivity index (χ2n) is 4.59. The number of likely N-dealkylation sites (tertiary alicyclic amines) is 1. The van der Waals surface area contributed by atoms with Gasteiger partial charge >= 0.3 is 6.03 Å².